The van der Waals surface area contributed by atoms with Crippen molar-refractivity contribution in [2.24, 2.45) is 0 Å². The summed E-state index contributed by atoms with van der Waals surface area (Å²) in [5.41, 5.74) is 0. The topological polar surface area (TPSA) is 9.23 Å². The number of halogens is 1. The Balaban J connectivity index is 2.48. The zero-order chi connectivity index (χ0) is 8.32. The molecular formula is C8H17BrNO+. The van der Waals surface area contributed by atoms with Gasteiger partial charge in [0.05, 0.1) is 13.1 Å². The monoisotopic (exact) mass is 222 g/mol. The molecule has 2 nitrogen and oxygen atoms in total. The lowest BCUT2D eigenvalue weighted by Gasteiger charge is -2.29. The summed E-state index contributed by atoms with van der Waals surface area (Å²) in [5, 5.41) is 0.979. The Labute approximate surface area is 77.2 Å². The normalized spacial score (nSPS) is 29.2. The van der Waals surface area contributed by atoms with Crippen LogP contribution < -0.4 is 0 Å². The van der Waals surface area contributed by atoms with Gasteiger partial charge in [-0.25, -0.2) is 0 Å². The quantitative estimate of drug-likeness (QED) is 0.521. The van der Waals surface area contributed by atoms with Crippen molar-refractivity contribution >= 4 is 15.9 Å². The average molecular weight is 223 g/mol. The van der Waals surface area contributed by atoms with Gasteiger partial charge < -0.3 is 4.74 Å². The third-order valence-electron chi connectivity index (χ3n) is 2.69. The van der Waals surface area contributed by atoms with Gasteiger partial charge in [-0.2, -0.15) is 0 Å². The fourth-order valence-electron chi connectivity index (χ4n) is 1.56. The predicted octanol–water partition coefficient (Wildman–Crippen LogP) is 1.59. The van der Waals surface area contributed by atoms with Crippen molar-refractivity contribution in [1.82, 2.24) is 0 Å². The molecule has 1 heterocycles. The Morgan fingerprint density at radius 2 is 2.09 bits per heavy atom. The van der Waals surface area contributed by atoms with E-state index in [0.29, 0.717) is 6.10 Å². The van der Waals surface area contributed by atoms with Crippen molar-refractivity contribution in [2.45, 2.75) is 20.0 Å². The van der Waals surface area contributed by atoms with Gasteiger partial charge in [-0.05, 0) is 13.8 Å². The van der Waals surface area contributed by atoms with Crippen molar-refractivity contribution in [3.63, 3.8) is 0 Å². The summed E-state index contributed by atoms with van der Waals surface area (Å²) in [6.45, 7) is 8.95. The number of likely N-dealkylation sites (N-methyl/N-ethyl adjacent to an activating group) is 1. The lowest BCUT2D eigenvalue weighted by molar-refractivity contribution is -0.922. The highest BCUT2D eigenvalue weighted by molar-refractivity contribution is 9.09. The Bertz CT molecular complexity index is 125. The minimum absolute atomic E-state index is 0.440. The van der Waals surface area contributed by atoms with Gasteiger partial charge in [0, 0.05) is 5.33 Å². The van der Waals surface area contributed by atoms with E-state index in [1.54, 1.807) is 0 Å². The molecule has 0 spiro atoms. The zero-order valence-corrected chi connectivity index (χ0v) is 8.93. The van der Waals surface area contributed by atoms with E-state index in [2.05, 4.69) is 29.8 Å². The summed E-state index contributed by atoms with van der Waals surface area (Å²) < 4.78 is 6.76. The maximum Gasteiger partial charge on any atom is 0.183 e. The standard InChI is InChI=1S/C8H17BrNO/c1-3-10(4-2)6-8(5-9)11-7-10/h8H,3-7H2,1-2H3/q+1. The van der Waals surface area contributed by atoms with Crippen LogP contribution in [0.5, 0.6) is 0 Å². The van der Waals surface area contributed by atoms with Gasteiger partial charge in [0.15, 0.2) is 6.73 Å². The van der Waals surface area contributed by atoms with Crippen LogP contribution in [0.15, 0.2) is 0 Å². The first kappa shape index (κ1) is 9.49. The Hall–Kier alpha value is 0.400. The molecule has 0 N–H and O–H groups in total. The summed E-state index contributed by atoms with van der Waals surface area (Å²) >= 11 is 3.45. The number of quaternary nitrogens is 1. The minimum Gasteiger partial charge on any atom is -0.322 e. The molecule has 0 saturated carbocycles. The molecule has 1 rings (SSSR count). The van der Waals surface area contributed by atoms with Gasteiger partial charge in [0.2, 0.25) is 0 Å². The smallest absolute Gasteiger partial charge is 0.183 e. The number of hydrogen-bond donors (Lipinski definition) is 0. The van der Waals surface area contributed by atoms with Gasteiger partial charge in [0.1, 0.15) is 12.6 Å². The molecule has 66 valence electrons. The molecule has 0 aromatic carbocycles. The average Bonchev–Trinajstić information content (AvgIpc) is 2.49. The summed E-state index contributed by atoms with van der Waals surface area (Å²) in [5.74, 6) is 0. The fraction of sp³-hybridized carbons (Fsp3) is 1.00. The number of ether oxygens (including phenoxy) is 1. The van der Waals surface area contributed by atoms with Crippen LogP contribution in [0.4, 0.5) is 0 Å². The molecule has 11 heavy (non-hydrogen) atoms. The summed E-state index contributed by atoms with van der Waals surface area (Å²) in [6, 6.07) is 0. The van der Waals surface area contributed by atoms with Crippen molar-refractivity contribution in [3.05, 3.63) is 0 Å². The van der Waals surface area contributed by atoms with Gasteiger partial charge in [-0.1, -0.05) is 15.9 Å². The highest BCUT2D eigenvalue weighted by atomic mass is 79.9. The number of rotatable bonds is 3. The highest BCUT2D eigenvalue weighted by Crippen LogP contribution is 2.18. The highest BCUT2D eigenvalue weighted by Gasteiger charge is 2.35. The van der Waals surface area contributed by atoms with E-state index in [0.717, 1.165) is 16.5 Å². The molecule has 3 heteroatoms. The molecule has 1 saturated heterocycles. The van der Waals surface area contributed by atoms with Crippen LogP contribution in [-0.4, -0.2) is 42.3 Å². The first-order chi connectivity index (χ1) is 5.26. The van der Waals surface area contributed by atoms with Crippen molar-refractivity contribution in [2.75, 3.05) is 31.7 Å². The van der Waals surface area contributed by atoms with Crippen LogP contribution in [-0.2, 0) is 4.74 Å². The maximum atomic E-state index is 5.63. The van der Waals surface area contributed by atoms with E-state index in [4.69, 9.17) is 4.74 Å². The Morgan fingerprint density at radius 1 is 1.45 bits per heavy atom. The molecule has 1 aliphatic rings. The first-order valence-corrected chi connectivity index (χ1v) is 5.41. The van der Waals surface area contributed by atoms with Crippen LogP contribution in [0.1, 0.15) is 13.8 Å². The van der Waals surface area contributed by atoms with Crippen molar-refractivity contribution < 1.29 is 9.22 Å². The number of nitrogens with zero attached hydrogens (tertiary/aromatic N) is 1. The van der Waals surface area contributed by atoms with Gasteiger partial charge in [0.25, 0.3) is 0 Å². The third kappa shape index (κ3) is 1.95. The van der Waals surface area contributed by atoms with E-state index < -0.39 is 0 Å². The molecule has 1 atom stereocenters. The maximum absolute atomic E-state index is 5.63. The van der Waals surface area contributed by atoms with Crippen LogP contribution in [0.25, 0.3) is 0 Å². The van der Waals surface area contributed by atoms with Crippen LogP contribution in [0.2, 0.25) is 0 Å². The molecule has 0 aliphatic carbocycles. The minimum atomic E-state index is 0.440. The van der Waals surface area contributed by atoms with Crippen LogP contribution in [0, 0.1) is 0 Å². The first-order valence-electron chi connectivity index (χ1n) is 4.29. The van der Waals surface area contributed by atoms with Gasteiger partial charge in [-0.3, -0.25) is 4.48 Å². The second-order valence-corrected chi connectivity index (χ2v) is 3.88. The Kier molecular flexibility index (Phi) is 3.34. The molecule has 1 aliphatic heterocycles. The van der Waals surface area contributed by atoms with E-state index in [1.807, 2.05) is 0 Å². The van der Waals surface area contributed by atoms with E-state index in [9.17, 15) is 0 Å². The largest absolute Gasteiger partial charge is 0.322 e. The van der Waals surface area contributed by atoms with E-state index in [-0.39, 0.29) is 0 Å². The fourth-order valence-corrected chi connectivity index (χ4v) is 1.95. The zero-order valence-electron chi connectivity index (χ0n) is 7.35. The molecule has 0 aromatic rings. The van der Waals surface area contributed by atoms with Crippen LogP contribution >= 0.6 is 15.9 Å². The molecule has 1 fully saturated rings. The van der Waals surface area contributed by atoms with Gasteiger partial charge >= 0.3 is 0 Å². The number of alkyl halides is 1. The predicted molar refractivity (Wildman–Crippen MR) is 49.7 cm³/mol. The lowest BCUT2D eigenvalue weighted by Crippen LogP contribution is -2.46. The van der Waals surface area contributed by atoms with E-state index in [1.165, 1.54) is 19.6 Å². The lowest BCUT2D eigenvalue weighted by atomic mass is 10.3. The Morgan fingerprint density at radius 3 is 2.36 bits per heavy atom. The molecule has 0 bridgehead atoms. The third-order valence-corrected chi connectivity index (χ3v) is 3.41. The summed E-state index contributed by atoms with van der Waals surface area (Å²) in [6.07, 6.45) is 0.440. The van der Waals surface area contributed by atoms with Gasteiger partial charge in [-0.15, -0.1) is 0 Å². The second-order valence-electron chi connectivity index (χ2n) is 3.23. The van der Waals surface area contributed by atoms with Crippen LogP contribution in [0.3, 0.4) is 0 Å². The van der Waals surface area contributed by atoms with Crippen molar-refractivity contribution in [3.8, 4) is 0 Å². The molecule has 0 amide bonds. The number of hydrogen-bond acceptors (Lipinski definition) is 1. The molecular weight excluding hydrogens is 206 g/mol. The summed E-state index contributed by atoms with van der Waals surface area (Å²) in [4.78, 5) is 0. The van der Waals surface area contributed by atoms with Crippen molar-refractivity contribution in [1.29, 1.82) is 0 Å². The SMILES string of the molecule is CC[N+]1(CC)COC(CBr)C1. The summed E-state index contributed by atoms with van der Waals surface area (Å²) in [7, 11) is 0. The second kappa shape index (κ2) is 3.87. The van der Waals surface area contributed by atoms with E-state index >= 15 is 0 Å². The molecule has 0 aromatic heterocycles. The molecule has 1 unspecified atom stereocenters. The molecule has 0 radical (unpaired) electrons.